The molecule has 9 nitrogen and oxygen atoms in total. The van der Waals surface area contributed by atoms with Crippen LogP contribution in [0.2, 0.25) is 0 Å². The summed E-state index contributed by atoms with van der Waals surface area (Å²) in [6.45, 7) is 17.2. The van der Waals surface area contributed by atoms with Crippen LogP contribution in [0.15, 0.2) is 42.5 Å². The van der Waals surface area contributed by atoms with E-state index < -0.39 is 45.4 Å². The van der Waals surface area contributed by atoms with Gasteiger partial charge in [0.05, 0.1) is 7.11 Å². The van der Waals surface area contributed by atoms with Crippen molar-refractivity contribution in [3.8, 4) is 11.5 Å². The second-order valence-electron chi connectivity index (χ2n) is 13.3. The second kappa shape index (κ2) is 13.5. The summed E-state index contributed by atoms with van der Waals surface area (Å²) in [5.74, 6) is -0.508. The third-order valence-electron chi connectivity index (χ3n) is 6.43. The number of carbonyl (C=O) groups excluding carboxylic acids is 2. The maximum absolute atomic E-state index is 13.3. The summed E-state index contributed by atoms with van der Waals surface area (Å²) in [7, 11) is 1.57. The fourth-order valence-electron chi connectivity index (χ4n) is 4.28. The van der Waals surface area contributed by atoms with Gasteiger partial charge < -0.3 is 19.5 Å². The van der Waals surface area contributed by atoms with Gasteiger partial charge >= 0.3 is 18.0 Å². The molecule has 0 radical (unpaired) electrons. The van der Waals surface area contributed by atoms with Gasteiger partial charge in [-0.25, -0.2) is 4.79 Å². The molecular weight excluding hydrogens is 524 g/mol. The molecular formula is C32H46N2O7. The lowest BCUT2D eigenvalue weighted by molar-refractivity contribution is -0.510. The zero-order chi connectivity index (χ0) is 31.2. The number of rotatable bonds is 11. The van der Waals surface area contributed by atoms with Crippen molar-refractivity contribution in [3.63, 3.8) is 0 Å². The molecule has 0 heterocycles. The van der Waals surface area contributed by atoms with Crippen molar-refractivity contribution in [3.05, 3.63) is 69.3 Å². The maximum Gasteiger partial charge on any atom is 0.387 e. The van der Waals surface area contributed by atoms with Gasteiger partial charge in [-0.1, -0.05) is 71.9 Å². The highest BCUT2D eigenvalue weighted by atomic mass is 16.6. The topological polar surface area (TPSA) is 117 Å². The molecule has 0 bridgehead atoms. The predicted molar refractivity (Wildman–Crippen MR) is 159 cm³/mol. The highest BCUT2D eigenvalue weighted by Gasteiger charge is 2.36. The summed E-state index contributed by atoms with van der Waals surface area (Å²) in [5.41, 5.74) is 0.757. The number of ether oxygens (including phenoxy) is 3. The molecule has 0 aromatic heterocycles. The third kappa shape index (κ3) is 10.1. The highest BCUT2D eigenvalue weighted by molar-refractivity contribution is 5.78. The first-order valence-electron chi connectivity index (χ1n) is 13.9. The first-order valence-corrected chi connectivity index (χ1v) is 13.9. The van der Waals surface area contributed by atoms with Crippen LogP contribution in [0.1, 0.15) is 85.4 Å². The molecule has 0 aliphatic heterocycles. The van der Waals surface area contributed by atoms with Crippen molar-refractivity contribution in [2.75, 3.05) is 13.7 Å². The van der Waals surface area contributed by atoms with Crippen LogP contribution < -0.4 is 14.8 Å². The number of esters is 2. The fraction of sp³-hybridized carbons (Fsp3) is 0.562. The summed E-state index contributed by atoms with van der Waals surface area (Å²) in [4.78, 5) is 37.7. The number of nitrogens with one attached hydrogen (secondary N) is 1. The van der Waals surface area contributed by atoms with Crippen LogP contribution in [0, 0.1) is 10.1 Å². The molecule has 1 N–H and O–H groups in total. The summed E-state index contributed by atoms with van der Waals surface area (Å²) >= 11 is 0. The minimum atomic E-state index is -1.64. The Bertz CT molecular complexity index is 1170. The smallest absolute Gasteiger partial charge is 0.387 e. The van der Waals surface area contributed by atoms with Gasteiger partial charge in [-0.3, -0.25) is 14.9 Å². The molecule has 0 saturated carbocycles. The SMILES string of the molecule is COc1cc(C(C)(C)C)c(OC(=O)[C@H](CCN[C@@H](Cc2ccccc2)C(=O)OC(C)(C)C)[N+](=O)[O-])c(C(C)(C)C)c1. The Balaban J connectivity index is 2.30. The lowest BCUT2D eigenvalue weighted by Crippen LogP contribution is -2.45. The van der Waals surface area contributed by atoms with Gasteiger partial charge in [0.15, 0.2) is 0 Å². The molecule has 0 amide bonds. The number of methoxy groups -OCH3 is 1. The summed E-state index contributed by atoms with van der Waals surface area (Å²) < 4.78 is 16.9. The Hall–Kier alpha value is -3.46. The van der Waals surface area contributed by atoms with Crippen LogP contribution in [0.3, 0.4) is 0 Å². The van der Waals surface area contributed by atoms with Crippen LogP contribution >= 0.6 is 0 Å². The van der Waals surface area contributed by atoms with E-state index in [4.69, 9.17) is 14.2 Å². The van der Waals surface area contributed by atoms with E-state index in [1.165, 1.54) is 0 Å². The number of hydrogen-bond donors (Lipinski definition) is 1. The largest absolute Gasteiger partial charge is 0.497 e. The normalized spacial score (nSPS) is 13.7. The molecule has 2 rings (SSSR count). The lowest BCUT2D eigenvalue weighted by atomic mass is 9.79. The van der Waals surface area contributed by atoms with E-state index in [1.54, 1.807) is 40.0 Å². The number of nitro groups is 1. The monoisotopic (exact) mass is 570 g/mol. The molecule has 0 fully saturated rings. The van der Waals surface area contributed by atoms with E-state index >= 15 is 0 Å². The van der Waals surface area contributed by atoms with Gasteiger partial charge in [0.2, 0.25) is 0 Å². The molecule has 2 aromatic rings. The summed E-state index contributed by atoms with van der Waals surface area (Å²) in [5, 5.41) is 15.1. The number of benzene rings is 2. The zero-order valence-electron chi connectivity index (χ0n) is 26.1. The molecule has 226 valence electrons. The van der Waals surface area contributed by atoms with Gasteiger partial charge in [-0.15, -0.1) is 0 Å². The van der Waals surface area contributed by atoms with E-state index in [2.05, 4.69) is 5.32 Å². The van der Waals surface area contributed by atoms with Crippen molar-refractivity contribution in [2.45, 2.75) is 104 Å². The Kier molecular flexibility index (Phi) is 11.1. The van der Waals surface area contributed by atoms with E-state index in [0.717, 1.165) is 5.56 Å². The van der Waals surface area contributed by atoms with Gasteiger partial charge in [0, 0.05) is 29.0 Å². The van der Waals surface area contributed by atoms with Crippen molar-refractivity contribution < 1.29 is 28.7 Å². The molecule has 0 aliphatic carbocycles. The zero-order valence-corrected chi connectivity index (χ0v) is 26.1. The first kappa shape index (κ1) is 33.7. The Morgan fingerprint density at radius 1 is 0.902 bits per heavy atom. The van der Waals surface area contributed by atoms with E-state index in [-0.39, 0.29) is 13.0 Å². The summed E-state index contributed by atoms with van der Waals surface area (Å²) in [6.07, 6.45) is 0.158. The van der Waals surface area contributed by atoms with E-state index in [9.17, 15) is 19.7 Å². The summed E-state index contributed by atoms with van der Waals surface area (Å²) in [6, 6.07) is 10.6. The number of hydrogen-bond acceptors (Lipinski definition) is 8. The Morgan fingerprint density at radius 3 is 1.88 bits per heavy atom. The molecule has 41 heavy (non-hydrogen) atoms. The maximum atomic E-state index is 13.3. The van der Waals surface area contributed by atoms with Crippen LogP contribution in [-0.2, 0) is 31.6 Å². The average molecular weight is 571 g/mol. The lowest BCUT2D eigenvalue weighted by Gasteiger charge is -2.30. The third-order valence-corrected chi connectivity index (χ3v) is 6.43. The van der Waals surface area contributed by atoms with Crippen molar-refractivity contribution >= 4 is 11.9 Å². The van der Waals surface area contributed by atoms with Gasteiger partial charge in [-0.05, 0) is 55.7 Å². The van der Waals surface area contributed by atoms with E-state index in [1.807, 2.05) is 71.9 Å². The van der Waals surface area contributed by atoms with Gasteiger partial charge in [-0.2, -0.15) is 0 Å². The molecule has 9 heteroatoms. The van der Waals surface area contributed by atoms with E-state index in [0.29, 0.717) is 29.0 Å². The molecule has 2 atom stereocenters. The molecule has 0 spiro atoms. The molecule has 2 aromatic carbocycles. The molecule has 0 unspecified atom stereocenters. The quantitative estimate of drug-likeness (QED) is 0.157. The van der Waals surface area contributed by atoms with Crippen molar-refractivity contribution in [1.82, 2.24) is 5.32 Å². The standard InChI is InChI=1S/C32H46N2O7/c1-30(2,3)23-19-22(39-10)20-24(31(4,5)6)27(23)40-29(36)26(34(37)38)16-17-33-25(28(35)41-32(7,8)9)18-21-14-12-11-13-15-21/h11-15,19-20,25-26,33H,16-18H2,1-10H3/t25-,26-/m0/s1. The van der Waals surface area contributed by atoms with Gasteiger partial charge in [0.1, 0.15) is 23.1 Å². The van der Waals surface area contributed by atoms with Crippen LogP contribution in [0.25, 0.3) is 0 Å². The van der Waals surface area contributed by atoms with Crippen LogP contribution in [0.4, 0.5) is 0 Å². The Morgan fingerprint density at radius 2 is 1.44 bits per heavy atom. The number of carbonyl (C=O) groups is 2. The van der Waals surface area contributed by atoms with Gasteiger partial charge in [0.25, 0.3) is 0 Å². The Labute approximate surface area is 244 Å². The predicted octanol–water partition coefficient (Wildman–Crippen LogP) is 5.77. The number of nitrogens with zero attached hydrogens (tertiary/aromatic N) is 1. The van der Waals surface area contributed by atoms with Crippen molar-refractivity contribution in [2.24, 2.45) is 0 Å². The van der Waals surface area contributed by atoms with Crippen molar-refractivity contribution in [1.29, 1.82) is 0 Å². The minimum Gasteiger partial charge on any atom is -0.497 e. The molecule has 0 saturated heterocycles. The van der Waals surface area contributed by atoms with Crippen LogP contribution in [-0.4, -0.2) is 48.2 Å². The second-order valence-corrected chi connectivity index (χ2v) is 13.3. The first-order chi connectivity index (χ1) is 18.8. The van der Waals surface area contributed by atoms with Crippen LogP contribution in [0.5, 0.6) is 11.5 Å². The molecule has 0 aliphatic rings. The minimum absolute atomic E-state index is 0.0261. The fourth-order valence-corrected chi connectivity index (χ4v) is 4.28. The average Bonchev–Trinajstić information content (AvgIpc) is 2.83. The highest BCUT2D eigenvalue weighted by Crippen LogP contribution is 2.42.